The maximum absolute atomic E-state index is 13.4. The quantitative estimate of drug-likeness (QED) is 0.890. The zero-order valence-corrected chi connectivity index (χ0v) is 14.2. The smallest absolute Gasteiger partial charge is 0.264 e. The number of nitrogens with zero attached hydrogens (tertiary/aromatic N) is 1. The number of fused-ring (bicyclic) bond motifs is 1. The van der Waals surface area contributed by atoms with Crippen LogP contribution in [0.4, 0.5) is 20.2 Å². The molecule has 2 aromatic carbocycles. The highest BCUT2D eigenvalue weighted by Gasteiger charge is 2.18. The third-order valence-electron chi connectivity index (χ3n) is 4.17. The Morgan fingerprint density at radius 3 is 2.69 bits per heavy atom. The summed E-state index contributed by atoms with van der Waals surface area (Å²) in [7, 11) is 0. The molecule has 136 valence electrons. The molecule has 0 atom stereocenters. The van der Waals surface area contributed by atoms with E-state index < -0.39 is 11.6 Å². The normalized spacial score (nSPS) is 13.0. The number of likely N-dealkylation sites (N-methyl/N-ethyl adjacent to an activating group) is 1. The number of hydrogen-bond donors (Lipinski definition) is 1. The van der Waals surface area contributed by atoms with Crippen molar-refractivity contribution in [1.82, 2.24) is 0 Å². The first-order valence-corrected chi connectivity index (χ1v) is 8.29. The Kier molecular flexibility index (Phi) is 5.16. The van der Waals surface area contributed by atoms with E-state index in [1.54, 1.807) is 25.1 Å². The minimum atomic E-state index is -1.01. The molecule has 1 aliphatic rings. The van der Waals surface area contributed by atoms with Gasteiger partial charge < -0.3 is 15.0 Å². The van der Waals surface area contributed by atoms with Gasteiger partial charge in [0.1, 0.15) is 5.75 Å². The number of nitrogens with one attached hydrogen (secondary N) is 1. The summed E-state index contributed by atoms with van der Waals surface area (Å²) in [4.78, 5) is 25.1. The van der Waals surface area contributed by atoms with Crippen LogP contribution in [0.25, 0.3) is 0 Å². The predicted octanol–water partition coefficient (Wildman–Crippen LogP) is 3.28. The summed E-state index contributed by atoms with van der Waals surface area (Å²) in [5.41, 5.74) is 1.97. The predicted molar refractivity (Wildman–Crippen MR) is 93.3 cm³/mol. The molecule has 0 unspecified atom stereocenters. The third-order valence-corrected chi connectivity index (χ3v) is 4.17. The number of carbonyl (C=O) groups excluding carboxylic acids is 2. The lowest BCUT2D eigenvalue weighted by Crippen LogP contribution is -2.34. The number of hydrogen-bond acceptors (Lipinski definition) is 3. The molecule has 1 heterocycles. The minimum Gasteiger partial charge on any atom is -0.484 e. The molecule has 5 nitrogen and oxygen atoms in total. The molecule has 0 bridgehead atoms. The molecule has 0 aromatic heterocycles. The van der Waals surface area contributed by atoms with Crippen molar-refractivity contribution in [3.05, 3.63) is 53.6 Å². The van der Waals surface area contributed by atoms with Crippen molar-refractivity contribution in [3.63, 3.8) is 0 Å². The van der Waals surface area contributed by atoms with Crippen molar-refractivity contribution >= 4 is 23.2 Å². The fraction of sp³-hybridized carbons (Fsp3) is 0.263. The molecule has 7 heteroatoms. The zero-order valence-electron chi connectivity index (χ0n) is 14.2. The van der Waals surface area contributed by atoms with E-state index in [4.69, 9.17) is 4.74 Å². The summed E-state index contributed by atoms with van der Waals surface area (Å²) in [5.74, 6) is -1.85. The fourth-order valence-electron chi connectivity index (χ4n) is 2.83. The molecular weight excluding hydrogens is 342 g/mol. The molecular formula is C19H18F2N2O3. The number of halogens is 2. The maximum Gasteiger partial charge on any atom is 0.264 e. The maximum atomic E-state index is 13.4. The lowest BCUT2D eigenvalue weighted by atomic mass is 10.0. The van der Waals surface area contributed by atoms with Gasteiger partial charge in [0.2, 0.25) is 5.91 Å². The molecule has 3 rings (SSSR count). The number of rotatable bonds is 5. The average molecular weight is 360 g/mol. The van der Waals surface area contributed by atoms with Gasteiger partial charge in [0.05, 0.1) is 0 Å². The van der Waals surface area contributed by atoms with Crippen LogP contribution in [-0.2, 0) is 16.0 Å². The molecule has 0 fully saturated rings. The van der Waals surface area contributed by atoms with Crippen LogP contribution in [0.3, 0.4) is 0 Å². The Hall–Kier alpha value is -2.96. The first kappa shape index (κ1) is 17.8. The third kappa shape index (κ3) is 3.82. The second-order valence-corrected chi connectivity index (χ2v) is 5.89. The SMILES string of the molecule is CCN(C(=O)COc1ccc2c(c1)CCC(=O)N2)c1ccc(F)c(F)c1. The van der Waals surface area contributed by atoms with Gasteiger partial charge in [-0.25, -0.2) is 8.78 Å². The van der Waals surface area contributed by atoms with Crippen LogP contribution in [-0.4, -0.2) is 25.0 Å². The van der Waals surface area contributed by atoms with Gasteiger partial charge in [-0.2, -0.15) is 0 Å². The minimum absolute atomic E-state index is 0.0218. The van der Waals surface area contributed by atoms with E-state index in [0.29, 0.717) is 25.1 Å². The van der Waals surface area contributed by atoms with Crippen LogP contribution in [0.5, 0.6) is 5.75 Å². The first-order valence-electron chi connectivity index (χ1n) is 8.29. The number of benzene rings is 2. The van der Waals surface area contributed by atoms with Crippen molar-refractivity contribution in [3.8, 4) is 5.75 Å². The molecule has 0 saturated heterocycles. The second-order valence-electron chi connectivity index (χ2n) is 5.89. The second kappa shape index (κ2) is 7.51. The summed E-state index contributed by atoms with van der Waals surface area (Å²) >= 11 is 0. The Morgan fingerprint density at radius 1 is 1.15 bits per heavy atom. The van der Waals surface area contributed by atoms with Crippen LogP contribution in [0.15, 0.2) is 36.4 Å². The molecule has 0 aliphatic carbocycles. The summed E-state index contributed by atoms with van der Waals surface area (Å²) < 4.78 is 32.0. The van der Waals surface area contributed by atoms with E-state index in [0.717, 1.165) is 23.4 Å². The average Bonchev–Trinajstić information content (AvgIpc) is 2.63. The summed E-state index contributed by atoms with van der Waals surface area (Å²) in [5, 5.41) is 2.77. The number of ether oxygens (including phenoxy) is 1. The van der Waals surface area contributed by atoms with Crippen LogP contribution < -0.4 is 15.0 Å². The Bertz CT molecular complexity index is 855. The van der Waals surface area contributed by atoms with Crippen molar-refractivity contribution in [2.75, 3.05) is 23.4 Å². The highest BCUT2D eigenvalue weighted by atomic mass is 19.2. The zero-order chi connectivity index (χ0) is 18.7. The number of amides is 2. The molecule has 0 radical (unpaired) electrons. The van der Waals surface area contributed by atoms with E-state index in [-0.39, 0.29) is 24.1 Å². The Labute approximate surface area is 149 Å². The standard InChI is InChI=1S/C19H18F2N2O3/c1-2-23(13-4-6-15(20)16(21)10-13)19(25)11-26-14-5-7-17-12(9-14)3-8-18(24)22-17/h4-7,9-10H,2-3,8,11H2,1H3,(H,22,24). The Balaban J connectivity index is 1.67. The van der Waals surface area contributed by atoms with Crippen LogP contribution in [0.2, 0.25) is 0 Å². The largest absolute Gasteiger partial charge is 0.484 e. The molecule has 0 spiro atoms. The first-order chi connectivity index (χ1) is 12.5. The summed E-state index contributed by atoms with van der Waals surface area (Å²) in [6.45, 7) is 1.79. The molecule has 1 aliphatic heterocycles. The van der Waals surface area contributed by atoms with E-state index in [9.17, 15) is 18.4 Å². The summed E-state index contributed by atoms with van der Waals surface area (Å²) in [6, 6.07) is 8.51. The van der Waals surface area contributed by atoms with Gasteiger partial charge in [-0.3, -0.25) is 9.59 Å². The van der Waals surface area contributed by atoms with Gasteiger partial charge in [0.25, 0.3) is 5.91 Å². The van der Waals surface area contributed by atoms with Gasteiger partial charge in [-0.05, 0) is 49.2 Å². The summed E-state index contributed by atoms with van der Waals surface area (Å²) in [6.07, 6.45) is 1.03. The van der Waals surface area contributed by atoms with Crippen molar-refractivity contribution in [2.45, 2.75) is 19.8 Å². The van der Waals surface area contributed by atoms with E-state index in [2.05, 4.69) is 5.32 Å². The van der Waals surface area contributed by atoms with Crippen LogP contribution in [0.1, 0.15) is 18.9 Å². The number of carbonyl (C=O) groups is 2. The van der Waals surface area contributed by atoms with Gasteiger partial charge >= 0.3 is 0 Å². The lowest BCUT2D eigenvalue weighted by molar-refractivity contribution is -0.120. The highest BCUT2D eigenvalue weighted by molar-refractivity contribution is 5.95. The van der Waals surface area contributed by atoms with Gasteiger partial charge in [-0.15, -0.1) is 0 Å². The molecule has 26 heavy (non-hydrogen) atoms. The van der Waals surface area contributed by atoms with Crippen molar-refractivity contribution in [1.29, 1.82) is 0 Å². The molecule has 2 amide bonds. The van der Waals surface area contributed by atoms with Crippen molar-refractivity contribution in [2.24, 2.45) is 0 Å². The van der Waals surface area contributed by atoms with E-state index >= 15 is 0 Å². The van der Waals surface area contributed by atoms with Gasteiger partial charge in [0.15, 0.2) is 18.2 Å². The molecule has 0 saturated carbocycles. The van der Waals surface area contributed by atoms with E-state index in [1.165, 1.54) is 11.0 Å². The monoisotopic (exact) mass is 360 g/mol. The fourth-order valence-corrected chi connectivity index (χ4v) is 2.83. The lowest BCUT2D eigenvalue weighted by Gasteiger charge is -2.22. The molecule has 2 aromatic rings. The van der Waals surface area contributed by atoms with Crippen LogP contribution >= 0.6 is 0 Å². The van der Waals surface area contributed by atoms with E-state index in [1.807, 2.05) is 0 Å². The topological polar surface area (TPSA) is 58.6 Å². The van der Waals surface area contributed by atoms with Gasteiger partial charge in [0, 0.05) is 30.4 Å². The number of aryl methyl sites for hydroxylation is 1. The van der Waals surface area contributed by atoms with Crippen molar-refractivity contribution < 1.29 is 23.1 Å². The Morgan fingerprint density at radius 2 is 1.96 bits per heavy atom. The van der Waals surface area contributed by atoms with Crippen LogP contribution in [0, 0.1) is 11.6 Å². The number of anilines is 2. The molecule has 1 N–H and O–H groups in total. The highest BCUT2D eigenvalue weighted by Crippen LogP contribution is 2.27. The van der Waals surface area contributed by atoms with Gasteiger partial charge in [-0.1, -0.05) is 0 Å².